The van der Waals surface area contributed by atoms with Crippen molar-refractivity contribution in [1.29, 1.82) is 0 Å². The monoisotopic (exact) mass is 402 g/mol. The summed E-state index contributed by atoms with van der Waals surface area (Å²) in [5.74, 6) is 0. The van der Waals surface area contributed by atoms with Crippen molar-refractivity contribution in [2.45, 2.75) is 31.4 Å². The van der Waals surface area contributed by atoms with E-state index < -0.39 is 23.5 Å². The van der Waals surface area contributed by atoms with Crippen LogP contribution >= 0.6 is 0 Å². The van der Waals surface area contributed by atoms with E-state index in [0.717, 1.165) is 17.7 Å². The summed E-state index contributed by atoms with van der Waals surface area (Å²) in [6, 6.07) is 11.4. The van der Waals surface area contributed by atoms with Crippen LogP contribution in [0.25, 0.3) is 0 Å². The van der Waals surface area contributed by atoms with Crippen LogP contribution < -0.4 is 5.32 Å². The second-order valence-electron chi connectivity index (χ2n) is 6.93. The van der Waals surface area contributed by atoms with Crippen LogP contribution in [-0.2, 0) is 25.3 Å². The van der Waals surface area contributed by atoms with E-state index >= 15 is 0 Å². The number of piperazine rings is 1. The molecule has 1 aliphatic heterocycles. The van der Waals surface area contributed by atoms with E-state index in [9.17, 15) is 26.3 Å². The van der Waals surface area contributed by atoms with Crippen molar-refractivity contribution in [3.05, 3.63) is 70.8 Å². The first-order valence-corrected chi connectivity index (χ1v) is 8.90. The molecule has 152 valence electrons. The third-order valence-electron chi connectivity index (χ3n) is 4.82. The molecule has 2 aromatic rings. The lowest BCUT2D eigenvalue weighted by Gasteiger charge is -2.36. The summed E-state index contributed by atoms with van der Waals surface area (Å²) in [6.45, 7) is 1.84. The van der Waals surface area contributed by atoms with Crippen molar-refractivity contribution in [3.8, 4) is 0 Å². The van der Waals surface area contributed by atoms with Gasteiger partial charge in [0.15, 0.2) is 0 Å². The van der Waals surface area contributed by atoms with Gasteiger partial charge in [0, 0.05) is 32.2 Å². The predicted molar refractivity (Wildman–Crippen MR) is 93.7 cm³/mol. The first kappa shape index (κ1) is 20.7. The number of nitrogens with one attached hydrogen (secondary N) is 1. The number of halogens is 6. The molecule has 0 aliphatic carbocycles. The van der Waals surface area contributed by atoms with Gasteiger partial charge in [0.25, 0.3) is 0 Å². The Morgan fingerprint density at radius 2 is 1.46 bits per heavy atom. The van der Waals surface area contributed by atoms with Crippen LogP contribution in [0.1, 0.15) is 22.3 Å². The minimum atomic E-state index is -4.83. The largest absolute Gasteiger partial charge is 0.416 e. The predicted octanol–water partition coefficient (Wildman–Crippen LogP) is 4.74. The van der Waals surface area contributed by atoms with Gasteiger partial charge >= 0.3 is 12.4 Å². The van der Waals surface area contributed by atoms with E-state index in [1.807, 2.05) is 35.2 Å². The molecule has 2 nitrogen and oxygen atoms in total. The van der Waals surface area contributed by atoms with Crippen LogP contribution in [0.2, 0.25) is 0 Å². The standard InChI is InChI=1S/C20H20F6N2/c21-19(22,23)16-8-15(9-17(11-16)20(24,25)26)13-28-7-6-27-12-18(28)10-14-4-2-1-3-5-14/h1-5,8-9,11,18,27H,6-7,10,12-13H2/t18-/m1/s1. The summed E-state index contributed by atoms with van der Waals surface area (Å²) >= 11 is 0. The topological polar surface area (TPSA) is 15.3 Å². The van der Waals surface area contributed by atoms with E-state index in [1.54, 1.807) is 0 Å². The summed E-state index contributed by atoms with van der Waals surface area (Å²) in [5.41, 5.74) is -1.46. The number of benzene rings is 2. The number of nitrogens with zero attached hydrogens (tertiary/aromatic N) is 1. The minimum Gasteiger partial charge on any atom is -0.314 e. The first-order valence-electron chi connectivity index (χ1n) is 8.90. The molecule has 0 unspecified atom stereocenters. The molecule has 0 bridgehead atoms. The van der Waals surface area contributed by atoms with Gasteiger partial charge in [-0.05, 0) is 35.7 Å². The lowest BCUT2D eigenvalue weighted by Crippen LogP contribution is -2.51. The highest BCUT2D eigenvalue weighted by Gasteiger charge is 2.37. The fourth-order valence-electron chi connectivity index (χ4n) is 3.44. The van der Waals surface area contributed by atoms with E-state index in [0.29, 0.717) is 26.1 Å². The van der Waals surface area contributed by atoms with Gasteiger partial charge in [-0.1, -0.05) is 30.3 Å². The molecule has 0 spiro atoms. The number of hydrogen-bond acceptors (Lipinski definition) is 2. The number of rotatable bonds is 4. The summed E-state index contributed by atoms with van der Waals surface area (Å²) < 4.78 is 78.5. The Balaban J connectivity index is 1.85. The molecule has 1 aliphatic rings. The van der Waals surface area contributed by atoms with Gasteiger partial charge in [-0.2, -0.15) is 26.3 Å². The van der Waals surface area contributed by atoms with Crippen molar-refractivity contribution < 1.29 is 26.3 Å². The molecule has 1 N–H and O–H groups in total. The van der Waals surface area contributed by atoms with Crippen LogP contribution in [0.5, 0.6) is 0 Å². The van der Waals surface area contributed by atoms with Gasteiger partial charge in [0.1, 0.15) is 0 Å². The molecule has 0 saturated carbocycles. The second-order valence-corrected chi connectivity index (χ2v) is 6.93. The molecule has 0 radical (unpaired) electrons. The number of hydrogen-bond donors (Lipinski definition) is 1. The van der Waals surface area contributed by atoms with E-state index in [1.165, 1.54) is 0 Å². The van der Waals surface area contributed by atoms with Crippen LogP contribution in [0.15, 0.2) is 48.5 Å². The molecule has 2 aromatic carbocycles. The van der Waals surface area contributed by atoms with Crippen molar-refractivity contribution in [2.24, 2.45) is 0 Å². The summed E-state index contributed by atoms with van der Waals surface area (Å²) in [4.78, 5) is 1.94. The Bertz CT molecular complexity index is 753. The minimum absolute atomic E-state index is 0.0139. The van der Waals surface area contributed by atoms with Gasteiger partial charge in [-0.3, -0.25) is 4.90 Å². The zero-order chi connectivity index (χ0) is 20.4. The molecule has 1 fully saturated rings. The molecule has 0 aromatic heterocycles. The average Bonchev–Trinajstić information content (AvgIpc) is 2.62. The van der Waals surface area contributed by atoms with Crippen molar-refractivity contribution in [2.75, 3.05) is 19.6 Å². The Morgan fingerprint density at radius 3 is 2.04 bits per heavy atom. The van der Waals surface area contributed by atoms with E-state index in [4.69, 9.17) is 0 Å². The third-order valence-corrected chi connectivity index (χ3v) is 4.82. The fourth-order valence-corrected chi connectivity index (χ4v) is 3.44. The maximum Gasteiger partial charge on any atom is 0.416 e. The van der Waals surface area contributed by atoms with Crippen molar-refractivity contribution >= 4 is 0 Å². The summed E-state index contributed by atoms with van der Waals surface area (Å²) in [5, 5.41) is 3.24. The highest BCUT2D eigenvalue weighted by Crippen LogP contribution is 2.36. The third kappa shape index (κ3) is 5.26. The molecule has 1 saturated heterocycles. The molecule has 1 atom stereocenters. The fraction of sp³-hybridized carbons (Fsp3) is 0.400. The quantitative estimate of drug-likeness (QED) is 0.744. The molecule has 1 heterocycles. The second kappa shape index (κ2) is 8.13. The Hall–Kier alpha value is -2.06. The highest BCUT2D eigenvalue weighted by molar-refractivity contribution is 5.33. The normalized spacial score (nSPS) is 19.0. The highest BCUT2D eigenvalue weighted by atomic mass is 19.4. The van der Waals surface area contributed by atoms with Crippen LogP contribution in [-0.4, -0.2) is 30.6 Å². The van der Waals surface area contributed by atoms with Crippen molar-refractivity contribution in [3.63, 3.8) is 0 Å². The summed E-state index contributed by atoms with van der Waals surface area (Å²) in [6.07, 6.45) is -9.00. The number of alkyl halides is 6. The van der Waals surface area contributed by atoms with Crippen LogP contribution in [0.4, 0.5) is 26.3 Å². The van der Waals surface area contributed by atoms with Gasteiger partial charge in [0.05, 0.1) is 11.1 Å². The molecule has 8 heteroatoms. The molecular weight excluding hydrogens is 382 g/mol. The smallest absolute Gasteiger partial charge is 0.314 e. The van der Waals surface area contributed by atoms with Gasteiger partial charge in [-0.25, -0.2) is 0 Å². The van der Waals surface area contributed by atoms with E-state index in [-0.39, 0.29) is 24.2 Å². The van der Waals surface area contributed by atoms with E-state index in [2.05, 4.69) is 5.32 Å². The first-order chi connectivity index (χ1) is 13.1. The average molecular weight is 402 g/mol. The van der Waals surface area contributed by atoms with Gasteiger partial charge in [-0.15, -0.1) is 0 Å². The SMILES string of the molecule is FC(F)(F)c1cc(CN2CCNC[C@H]2Cc2ccccc2)cc(C(F)(F)F)c1. The molecule has 0 amide bonds. The molecular formula is C20H20F6N2. The maximum atomic E-state index is 13.1. The van der Waals surface area contributed by atoms with Crippen LogP contribution in [0.3, 0.4) is 0 Å². The Morgan fingerprint density at radius 1 is 0.857 bits per heavy atom. The lowest BCUT2D eigenvalue weighted by molar-refractivity contribution is -0.143. The molecule has 3 rings (SSSR count). The lowest BCUT2D eigenvalue weighted by atomic mass is 10.0. The Labute approximate surface area is 159 Å². The maximum absolute atomic E-state index is 13.1. The molecule has 28 heavy (non-hydrogen) atoms. The Kier molecular flexibility index (Phi) is 6.00. The zero-order valence-corrected chi connectivity index (χ0v) is 14.9. The zero-order valence-electron chi connectivity index (χ0n) is 14.9. The van der Waals surface area contributed by atoms with Gasteiger partial charge in [0.2, 0.25) is 0 Å². The summed E-state index contributed by atoms with van der Waals surface area (Å²) in [7, 11) is 0. The van der Waals surface area contributed by atoms with Crippen molar-refractivity contribution in [1.82, 2.24) is 10.2 Å². The van der Waals surface area contributed by atoms with Gasteiger partial charge < -0.3 is 5.32 Å². The van der Waals surface area contributed by atoms with Crippen LogP contribution in [0, 0.1) is 0 Å².